The number of aliphatic imine (C=N–C) groups is 1. The Balaban J connectivity index is 3.98. The normalized spacial score (nSPS) is 12.1. The van der Waals surface area contributed by atoms with E-state index in [2.05, 4.69) is 4.99 Å². The first-order valence-electron chi connectivity index (χ1n) is 3.52. The zero-order valence-corrected chi connectivity index (χ0v) is 7.13. The second-order valence-corrected chi connectivity index (χ2v) is 1.97. The Hall–Kier alpha value is -1.12. The summed E-state index contributed by atoms with van der Waals surface area (Å²) in [6.45, 7) is 3.35. The molecule has 0 spiro atoms. The molecule has 0 unspecified atom stereocenters. The maximum absolute atomic E-state index is 10.4. The highest BCUT2D eigenvalue weighted by molar-refractivity contribution is 5.95. The summed E-state index contributed by atoms with van der Waals surface area (Å²) >= 11 is 0. The van der Waals surface area contributed by atoms with Crippen molar-refractivity contribution in [3.05, 3.63) is 12.2 Å². The lowest BCUT2D eigenvalue weighted by atomic mass is 10.4. The molecule has 0 heterocycles. The molecule has 0 aliphatic heterocycles. The van der Waals surface area contributed by atoms with E-state index in [0.717, 1.165) is 6.42 Å². The van der Waals surface area contributed by atoms with Gasteiger partial charge >= 0.3 is 5.97 Å². The molecule has 0 aliphatic carbocycles. The lowest BCUT2D eigenvalue weighted by Crippen LogP contribution is -2.05. The predicted octanol–water partition coefficient (Wildman–Crippen LogP) is 1.54. The minimum absolute atomic E-state index is 0.341. The van der Waals surface area contributed by atoms with Crippen molar-refractivity contribution in [3.8, 4) is 0 Å². The van der Waals surface area contributed by atoms with Gasteiger partial charge in [-0.2, -0.15) is 0 Å². The Morgan fingerprint density at radius 3 is 2.64 bits per heavy atom. The summed E-state index contributed by atoms with van der Waals surface area (Å²) < 4.78 is 4.73. The predicted molar refractivity (Wildman–Crippen MR) is 44.6 cm³/mol. The third-order valence-electron chi connectivity index (χ3n) is 0.965. The minimum Gasteiger partial charge on any atom is -0.408 e. The van der Waals surface area contributed by atoms with Gasteiger partial charge in [0.15, 0.2) is 0 Å². The van der Waals surface area contributed by atoms with Crippen LogP contribution < -0.4 is 0 Å². The molecule has 0 aromatic rings. The Morgan fingerprint density at radius 1 is 1.64 bits per heavy atom. The Morgan fingerprint density at radius 2 is 2.27 bits per heavy atom. The molecular weight excluding hydrogens is 142 g/mol. The number of hydrogen-bond donors (Lipinski definition) is 0. The van der Waals surface area contributed by atoms with Crippen LogP contribution in [0.4, 0.5) is 0 Å². The van der Waals surface area contributed by atoms with Gasteiger partial charge in [0.2, 0.25) is 5.90 Å². The summed E-state index contributed by atoms with van der Waals surface area (Å²) in [6.07, 6.45) is 4.47. The van der Waals surface area contributed by atoms with Gasteiger partial charge < -0.3 is 4.74 Å². The van der Waals surface area contributed by atoms with Gasteiger partial charge in [0.25, 0.3) is 0 Å². The van der Waals surface area contributed by atoms with E-state index in [4.69, 9.17) is 4.74 Å². The molecule has 62 valence electrons. The van der Waals surface area contributed by atoms with Crippen molar-refractivity contribution in [1.82, 2.24) is 0 Å². The summed E-state index contributed by atoms with van der Waals surface area (Å²) in [5, 5.41) is 0. The van der Waals surface area contributed by atoms with E-state index >= 15 is 0 Å². The third-order valence-corrected chi connectivity index (χ3v) is 0.965. The molecule has 0 saturated carbocycles. The molecule has 0 saturated heterocycles. The highest BCUT2D eigenvalue weighted by atomic mass is 16.5. The van der Waals surface area contributed by atoms with E-state index in [1.807, 2.05) is 13.0 Å². The number of allylic oxidation sites excluding steroid dienone is 1. The van der Waals surface area contributed by atoms with E-state index in [-0.39, 0.29) is 5.97 Å². The first-order valence-corrected chi connectivity index (χ1v) is 3.52. The van der Waals surface area contributed by atoms with Crippen LogP contribution in [0, 0.1) is 0 Å². The van der Waals surface area contributed by atoms with Crippen LogP contribution in [-0.4, -0.2) is 18.9 Å². The largest absolute Gasteiger partial charge is 0.408 e. The molecule has 11 heavy (non-hydrogen) atoms. The summed E-state index contributed by atoms with van der Waals surface area (Å²) in [5.41, 5.74) is 0. The fourth-order valence-corrected chi connectivity index (χ4v) is 0.520. The average molecular weight is 155 g/mol. The number of rotatable bonds is 2. The second kappa shape index (κ2) is 5.65. The number of hydrogen-bond acceptors (Lipinski definition) is 3. The van der Waals surface area contributed by atoms with Gasteiger partial charge in [-0.05, 0) is 12.5 Å². The van der Waals surface area contributed by atoms with E-state index < -0.39 is 0 Å². The summed E-state index contributed by atoms with van der Waals surface area (Å²) in [4.78, 5) is 14.2. The van der Waals surface area contributed by atoms with Crippen LogP contribution in [-0.2, 0) is 9.53 Å². The molecule has 0 fully saturated rings. The van der Waals surface area contributed by atoms with Crippen molar-refractivity contribution < 1.29 is 9.53 Å². The SMILES string of the molecule is CC/C=C\C(=NC)OC(C)=O. The quantitative estimate of drug-likeness (QED) is 0.344. The fourth-order valence-electron chi connectivity index (χ4n) is 0.520. The van der Waals surface area contributed by atoms with Crippen molar-refractivity contribution in [2.45, 2.75) is 20.3 Å². The number of carbonyl (C=O) groups is 1. The second-order valence-electron chi connectivity index (χ2n) is 1.97. The number of ether oxygens (including phenoxy) is 1. The van der Waals surface area contributed by atoms with Gasteiger partial charge in [-0.1, -0.05) is 13.0 Å². The molecule has 0 aromatic heterocycles. The number of nitrogens with zero attached hydrogens (tertiary/aromatic N) is 1. The Bertz CT molecular complexity index is 183. The van der Waals surface area contributed by atoms with E-state index in [1.54, 1.807) is 13.1 Å². The topological polar surface area (TPSA) is 38.7 Å². The standard InChI is InChI=1S/C8H13NO2/c1-4-5-6-8(9-3)11-7(2)10/h5-6H,4H2,1-3H3/b6-5-,9-8?. The summed E-state index contributed by atoms with van der Waals surface area (Å²) in [7, 11) is 1.58. The van der Waals surface area contributed by atoms with Crippen molar-refractivity contribution in [1.29, 1.82) is 0 Å². The smallest absolute Gasteiger partial charge is 0.309 e. The number of carbonyl (C=O) groups excluding carboxylic acids is 1. The maximum Gasteiger partial charge on any atom is 0.309 e. The third kappa shape index (κ3) is 5.33. The average Bonchev–Trinajstić information content (AvgIpc) is 1.97. The van der Waals surface area contributed by atoms with Crippen LogP contribution in [0.5, 0.6) is 0 Å². The van der Waals surface area contributed by atoms with E-state index in [1.165, 1.54) is 6.92 Å². The lowest BCUT2D eigenvalue weighted by Gasteiger charge is -1.97. The lowest BCUT2D eigenvalue weighted by molar-refractivity contribution is -0.132. The van der Waals surface area contributed by atoms with Crippen LogP contribution in [0.3, 0.4) is 0 Å². The fraction of sp³-hybridized carbons (Fsp3) is 0.500. The van der Waals surface area contributed by atoms with Crippen molar-refractivity contribution in [2.75, 3.05) is 7.05 Å². The molecule has 0 atom stereocenters. The van der Waals surface area contributed by atoms with Gasteiger partial charge in [0.1, 0.15) is 0 Å². The monoisotopic (exact) mass is 155 g/mol. The van der Waals surface area contributed by atoms with Crippen molar-refractivity contribution in [3.63, 3.8) is 0 Å². The molecule has 3 nitrogen and oxygen atoms in total. The summed E-state index contributed by atoms with van der Waals surface area (Å²) in [5.74, 6) is 0.0192. The molecule has 0 N–H and O–H groups in total. The summed E-state index contributed by atoms with van der Waals surface area (Å²) in [6, 6.07) is 0. The van der Waals surface area contributed by atoms with Crippen LogP contribution in [0.1, 0.15) is 20.3 Å². The van der Waals surface area contributed by atoms with E-state index in [9.17, 15) is 4.79 Å². The van der Waals surface area contributed by atoms with Crippen molar-refractivity contribution >= 4 is 11.9 Å². The molecule has 3 heteroatoms. The zero-order valence-electron chi connectivity index (χ0n) is 7.13. The van der Waals surface area contributed by atoms with Gasteiger partial charge in [0, 0.05) is 14.0 Å². The molecule has 0 radical (unpaired) electrons. The van der Waals surface area contributed by atoms with E-state index in [0.29, 0.717) is 5.90 Å². The van der Waals surface area contributed by atoms with Crippen molar-refractivity contribution in [2.24, 2.45) is 4.99 Å². The van der Waals surface area contributed by atoms with Crippen LogP contribution in [0.15, 0.2) is 17.1 Å². The van der Waals surface area contributed by atoms with Crippen LogP contribution in [0.25, 0.3) is 0 Å². The van der Waals surface area contributed by atoms with Gasteiger partial charge in [-0.3, -0.25) is 9.79 Å². The first kappa shape index (κ1) is 9.88. The van der Waals surface area contributed by atoms with Gasteiger partial charge in [0.05, 0.1) is 0 Å². The Kier molecular flexibility index (Phi) is 5.07. The number of esters is 1. The zero-order chi connectivity index (χ0) is 8.69. The van der Waals surface area contributed by atoms with Gasteiger partial charge in [-0.25, -0.2) is 0 Å². The highest BCUT2D eigenvalue weighted by Gasteiger charge is 1.96. The molecule has 0 aliphatic rings. The highest BCUT2D eigenvalue weighted by Crippen LogP contribution is 1.88. The molecule has 0 amide bonds. The maximum atomic E-state index is 10.4. The van der Waals surface area contributed by atoms with Gasteiger partial charge in [-0.15, -0.1) is 0 Å². The first-order chi connectivity index (χ1) is 5.20. The van der Waals surface area contributed by atoms with Crippen LogP contribution >= 0.6 is 0 Å². The molecule has 0 aromatic carbocycles. The minimum atomic E-state index is -0.341. The Labute approximate surface area is 66.8 Å². The van der Waals surface area contributed by atoms with Crippen LogP contribution in [0.2, 0.25) is 0 Å². The molecule has 0 bridgehead atoms. The molecule has 0 rings (SSSR count). The molecular formula is C8H13NO2.